The van der Waals surface area contributed by atoms with Crippen molar-refractivity contribution in [2.24, 2.45) is 0 Å². The average Bonchev–Trinajstić information content (AvgIpc) is 3.18. The van der Waals surface area contributed by atoms with Crippen LogP contribution in [0.25, 0.3) is 0 Å². The van der Waals surface area contributed by atoms with Crippen LogP contribution in [0, 0.1) is 0 Å². The second kappa shape index (κ2) is 20.3. The van der Waals surface area contributed by atoms with Gasteiger partial charge in [-0.1, -0.05) is 144 Å². The van der Waals surface area contributed by atoms with Crippen molar-refractivity contribution < 1.29 is 33.2 Å². The molecule has 5 atom stereocenters. The van der Waals surface area contributed by atoms with Gasteiger partial charge < -0.3 is 33.2 Å². The van der Waals surface area contributed by atoms with Gasteiger partial charge in [-0.25, -0.2) is 0 Å². The number of halogens is 1. The van der Waals surface area contributed by atoms with Gasteiger partial charge in [-0.3, -0.25) is 0 Å². The highest BCUT2D eigenvalue weighted by atomic mass is 127. The van der Waals surface area contributed by atoms with E-state index in [1.54, 1.807) is 0 Å². The van der Waals surface area contributed by atoms with Crippen LogP contribution in [0.5, 0.6) is 11.5 Å². The maximum absolute atomic E-state index is 6.82. The molecule has 266 valence electrons. The fraction of sp³-hybridized carbons (Fsp3) is 0.302. The van der Waals surface area contributed by atoms with E-state index in [0.717, 1.165) is 38.9 Å². The predicted molar refractivity (Wildman–Crippen MR) is 206 cm³/mol. The first-order valence-corrected chi connectivity index (χ1v) is 19.0. The summed E-state index contributed by atoms with van der Waals surface area (Å²) in [6.45, 7) is 2.42. The lowest BCUT2D eigenvalue weighted by atomic mass is 9.97. The van der Waals surface area contributed by atoms with Crippen LogP contribution >= 0.6 is 22.6 Å². The van der Waals surface area contributed by atoms with E-state index in [1.807, 2.05) is 121 Å². The van der Waals surface area contributed by atoms with Gasteiger partial charge in [0, 0.05) is 4.43 Å². The predicted octanol–water partition coefficient (Wildman–Crippen LogP) is 8.97. The lowest BCUT2D eigenvalue weighted by molar-refractivity contribution is -0.310. The second-order valence-electron chi connectivity index (χ2n) is 12.3. The summed E-state index contributed by atoms with van der Waals surface area (Å²) < 4.78 is 47.0. The van der Waals surface area contributed by atoms with Crippen LogP contribution in [0.15, 0.2) is 146 Å². The van der Waals surface area contributed by atoms with Gasteiger partial charge >= 0.3 is 0 Å². The molecule has 5 aromatic carbocycles. The zero-order valence-electron chi connectivity index (χ0n) is 28.6. The average molecular weight is 801 g/mol. The molecule has 1 saturated heterocycles. The Morgan fingerprint density at radius 2 is 0.941 bits per heavy atom. The van der Waals surface area contributed by atoms with Crippen LogP contribution in [-0.4, -0.2) is 48.3 Å². The number of rotatable bonds is 19. The first-order chi connectivity index (χ1) is 25.2. The number of ether oxygens (including phenoxy) is 7. The molecule has 0 spiro atoms. The summed E-state index contributed by atoms with van der Waals surface area (Å²) >= 11 is 2.36. The lowest BCUT2D eigenvalue weighted by Gasteiger charge is -2.45. The fourth-order valence-electron chi connectivity index (χ4n) is 5.84. The van der Waals surface area contributed by atoms with Crippen molar-refractivity contribution in [2.75, 3.05) is 17.6 Å². The summed E-state index contributed by atoms with van der Waals surface area (Å²) in [4.78, 5) is 0. The lowest BCUT2D eigenvalue weighted by Crippen LogP contribution is -2.62. The first kappa shape index (κ1) is 37.0. The molecule has 8 heteroatoms. The molecule has 5 aromatic rings. The Hall–Kier alpha value is -3.77. The molecule has 0 N–H and O–H groups in total. The SMILES string of the molecule is ICCCOc1ccc(O[C@@H]2O[C@H](COCc3ccccc3)[C@@H](OCc3ccccc3)[C@H](OCc3ccccc3)[C@H]2OCc2ccccc2)cc1. The second-order valence-corrected chi connectivity index (χ2v) is 13.4. The highest BCUT2D eigenvalue weighted by molar-refractivity contribution is 14.1. The van der Waals surface area contributed by atoms with E-state index in [2.05, 4.69) is 46.9 Å². The van der Waals surface area contributed by atoms with Gasteiger partial charge in [0.2, 0.25) is 6.29 Å². The maximum atomic E-state index is 6.82. The van der Waals surface area contributed by atoms with Gasteiger partial charge in [0.05, 0.1) is 39.6 Å². The molecule has 1 heterocycles. The van der Waals surface area contributed by atoms with Gasteiger partial charge in [0.1, 0.15) is 35.9 Å². The smallest absolute Gasteiger partial charge is 0.229 e. The monoisotopic (exact) mass is 800 g/mol. The molecule has 7 nitrogen and oxygen atoms in total. The topological polar surface area (TPSA) is 64.6 Å². The summed E-state index contributed by atoms with van der Waals surface area (Å²) in [6, 6.07) is 48.1. The molecule has 0 aliphatic carbocycles. The summed E-state index contributed by atoms with van der Waals surface area (Å²) in [5.74, 6) is 1.42. The summed E-state index contributed by atoms with van der Waals surface area (Å²) in [5.41, 5.74) is 4.19. The van der Waals surface area contributed by atoms with Crippen molar-refractivity contribution in [3.63, 3.8) is 0 Å². The quantitative estimate of drug-likeness (QED) is 0.0470. The van der Waals surface area contributed by atoms with E-state index in [9.17, 15) is 0 Å². The van der Waals surface area contributed by atoms with Gasteiger partial charge in [-0.05, 0) is 52.9 Å². The van der Waals surface area contributed by atoms with Gasteiger partial charge in [-0.15, -0.1) is 0 Å². The molecule has 1 fully saturated rings. The minimum Gasteiger partial charge on any atom is -0.494 e. The third-order valence-electron chi connectivity index (χ3n) is 8.46. The van der Waals surface area contributed by atoms with Gasteiger partial charge in [0.25, 0.3) is 0 Å². The van der Waals surface area contributed by atoms with Crippen molar-refractivity contribution in [3.05, 3.63) is 168 Å². The van der Waals surface area contributed by atoms with Crippen molar-refractivity contribution >= 4 is 22.6 Å². The Kier molecular flexibility index (Phi) is 14.7. The minimum atomic E-state index is -0.831. The molecule has 0 unspecified atom stereocenters. The number of hydrogen-bond donors (Lipinski definition) is 0. The van der Waals surface area contributed by atoms with E-state index in [-0.39, 0.29) is 6.61 Å². The number of alkyl halides is 1. The molecular weight excluding hydrogens is 755 g/mol. The van der Waals surface area contributed by atoms with Crippen molar-refractivity contribution in [2.45, 2.75) is 63.6 Å². The normalized spacial score (nSPS) is 20.1. The highest BCUT2D eigenvalue weighted by Gasteiger charge is 2.49. The van der Waals surface area contributed by atoms with Crippen molar-refractivity contribution in [3.8, 4) is 11.5 Å². The summed E-state index contributed by atoms with van der Waals surface area (Å²) in [7, 11) is 0. The zero-order chi connectivity index (χ0) is 34.9. The van der Waals surface area contributed by atoms with E-state index in [0.29, 0.717) is 38.8 Å². The Morgan fingerprint density at radius 1 is 0.490 bits per heavy atom. The van der Waals surface area contributed by atoms with Crippen LogP contribution in [0.1, 0.15) is 28.7 Å². The highest BCUT2D eigenvalue weighted by Crippen LogP contribution is 2.33. The molecule has 0 aromatic heterocycles. The van der Waals surface area contributed by atoms with E-state index in [4.69, 9.17) is 33.2 Å². The molecule has 1 aliphatic rings. The van der Waals surface area contributed by atoms with E-state index >= 15 is 0 Å². The fourth-order valence-corrected chi connectivity index (χ4v) is 6.15. The summed E-state index contributed by atoms with van der Waals surface area (Å²) in [6.07, 6.45) is -2.14. The van der Waals surface area contributed by atoms with Gasteiger partial charge in [0.15, 0.2) is 0 Å². The standard InChI is InChI=1S/C43H45IO7/c44-26-13-27-46-37-22-24-38(25-23-37)50-43-42(49-31-36-20-11-4-12-21-36)41(48-30-35-18-9-3-10-19-35)40(47-29-34-16-7-2-8-17-34)39(51-43)32-45-28-33-14-5-1-6-15-33/h1-12,14-25,39-43H,13,26-32H2/t39-,40-,41+,42-,43-/m1/s1. The molecule has 0 amide bonds. The zero-order valence-corrected chi connectivity index (χ0v) is 30.8. The molecule has 51 heavy (non-hydrogen) atoms. The minimum absolute atomic E-state index is 0.258. The van der Waals surface area contributed by atoms with Crippen LogP contribution in [0.4, 0.5) is 0 Å². The number of hydrogen-bond acceptors (Lipinski definition) is 7. The summed E-state index contributed by atoms with van der Waals surface area (Å²) in [5, 5.41) is 0. The molecule has 0 saturated carbocycles. The van der Waals surface area contributed by atoms with Crippen LogP contribution in [-0.2, 0) is 50.1 Å². The molecule has 0 radical (unpaired) electrons. The molecule has 6 rings (SSSR count). The Morgan fingerprint density at radius 3 is 1.45 bits per heavy atom. The van der Waals surface area contributed by atoms with Gasteiger partial charge in [-0.2, -0.15) is 0 Å². The third-order valence-corrected chi connectivity index (χ3v) is 9.23. The molecule has 1 aliphatic heterocycles. The van der Waals surface area contributed by atoms with E-state index < -0.39 is 30.7 Å². The van der Waals surface area contributed by atoms with Crippen molar-refractivity contribution in [1.29, 1.82) is 0 Å². The van der Waals surface area contributed by atoms with Crippen LogP contribution in [0.3, 0.4) is 0 Å². The number of benzene rings is 5. The first-order valence-electron chi connectivity index (χ1n) is 17.4. The Balaban J connectivity index is 1.30. The largest absolute Gasteiger partial charge is 0.494 e. The van der Waals surface area contributed by atoms with E-state index in [1.165, 1.54) is 0 Å². The maximum Gasteiger partial charge on any atom is 0.229 e. The van der Waals surface area contributed by atoms with Crippen LogP contribution in [0.2, 0.25) is 0 Å². The van der Waals surface area contributed by atoms with Crippen LogP contribution < -0.4 is 9.47 Å². The molecule has 0 bridgehead atoms. The Bertz CT molecular complexity index is 1660. The molecular formula is C43H45IO7. The van der Waals surface area contributed by atoms with Crippen molar-refractivity contribution in [1.82, 2.24) is 0 Å². The third kappa shape index (κ3) is 11.6. The Labute approximate surface area is 314 Å².